The van der Waals surface area contributed by atoms with E-state index in [2.05, 4.69) is 18.8 Å². The Balaban J connectivity index is 2.52. The zero-order chi connectivity index (χ0) is 9.84. The Morgan fingerprint density at radius 3 is 2.77 bits per heavy atom. The van der Waals surface area contributed by atoms with Crippen molar-refractivity contribution in [1.29, 1.82) is 0 Å². The van der Waals surface area contributed by atoms with Crippen LogP contribution in [0.1, 0.15) is 31.4 Å². The molecule has 74 valence electrons. The molecule has 3 N–H and O–H groups in total. The number of nitrogens with zero attached hydrogens (tertiary/aromatic N) is 1. The van der Waals surface area contributed by atoms with Crippen molar-refractivity contribution in [2.75, 3.05) is 0 Å². The van der Waals surface area contributed by atoms with Gasteiger partial charge in [-0.25, -0.2) is 4.98 Å². The van der Waals surface area contributed by atoms with Crippen molar-refractivity contribution in [2.24, 2.45) is 11.7 Å². The predicted octanol–water partition coefficient (Wildman–Crippen LogP) is 1.55. The van der Waals surface area contributed by atoms with Gasteiger partial charge in [-0.3, -0.25) is 0 Å². The molecule has 0 spiro atoms. The highest BCUT2D eigenvalue weighted by atomic mass is 32.1. The fraction of sp³-hybridized carbons (Fsp3) is 0.667. The Morgan fingerprint density at radius 2 is 2.31 bits per heavy atom. The summed E-state index contributed by atoms with van der Waals surface area (Å²) in [4.78, 5) is 4.03. The number of hydrogen-bond acceptors (Lipinski definition) is 4. The van der Waals surface area contributed by atoms with E-state index in [1.165, 1.54) is 11.3 Å². The van der Waals surface area contributed by atoms with Gasteiger partial charge in [0.1, 0.15) is 11.1 Å². The minimum Gasteiger partial charge on any atom is -0.384 e. The third-order valence-electron chi connectivity index (χ3n) is 1.85. The van der Waals surface area contributed by atoms with Crippen LogP contribution in [0.3, 0.4) is 0 Å². The maximum Gasteiger partial charge on any atom is 0.123 e. The zero-order valence-corrected chi connectivity index (χ0v) is 8.79. The van der Waals surface area contributed by atoms with Gasteiger partial charge in [0.25, 0.3) is 0 Å². The van der Waals surface area contributed by atoms with Crippen LogP contribution in [0.5, 0.6) is 0 Å². The lowest BCUT2D eigenvalue weighted by Crippen LogP contribution is -2.29. The summed E-state index contributed by atoms with van der Waals surface area (Å²) in [6.07, 6.45) is 1.90. The molecule has 0 saturated heterocycles. The third-order valence-corrected chi connectivity index (χ3v) is 2.70. The standard InChI is InChI=1S/C9H16N2OS/c1-6(2)5-7(10)8(12)9-11-3-4-13-9/h3-4,6-8,12H,5,10H2,1-2H3/t7?,8-/m1/s1. The number of aliphatic hydroxyl groups is 1. The van der Waals surface area contributed by atoms with Crippen LogP contribution >= 0.6 is 11.3 Å². The lowest BCUT2D eigenvalue weighted by atomic mass is 10.0. The van der Waals surface area contributed by atoms with Crippen molar-refractivity contribution in [2.45, 2.75) is 32.4 Å². The molecule has 0 amide bonds. The Bertz CT molecular complexity index is 236. The topological polar surface area (TPSA) is 59.1 Å². The molecule has 1 heterocycles. The molecule has 0 bridgehead atoms. The molecule has 1 aromatic heterocycles. The minimum atomic E-state index is -0.609. The van der Waals surface area contributed by atoms with Gasteiger partial charge in [-0.05, 0) is 12.3 Å². The molecule has 2 atom stereocenters. The van der Waals surface area contributed by atoms with Gasteiger partial charge in [-0.1, -0.05) is 13.8 Å². The molecule has 0 aliphatic rings. The fourth-order valence-corrected chi connectivity index (χ4v) is 1.93. The lowest BCUT2D eigenvalue weighted by molar-refractivity contribution is 0.135. The molecule has 1 unspecified atom stereocenters. The summed E-state index contributed by atoms with van der Waals surface area (Å²) < 4.78 is 0. The molecule has 13 heavy (non-hydrogen) atoms. The summed E-state index contributed by atoms with van der Waals surface area (Å²) in [6, 6.07) is -0.203. The maximum atomic E-state index is 9.75. The quantitative estimate of drug-likeness (QED) is 0.775. The van der Waals surface area contributed by atoms with E-state index in [1.807, 2.05) is 5.38 Å². The van der Waals surface area contributed by atoms with E-state index in [9.17, 15) is 5.11 Å². The first kappa shape index (κ1) is 10.6. The van der Waals surface area contributed by atoms with Gasteiger partial charge in [0.05, 0.1) is 0 Å². The highest BCUT2D eigenvalue weighted by Crippen LogP contribution is 2.21. The van der Waals surface area contributed by atoms with Crippen LogP contribution < -0.4 is 5.73 Å². The average molecular weight is 200 g/mol. The molecule has 3 nitrogen and oxygen atoms in total. The van der Waals surface area contributed by atoms with Crippen LogP contribution in [0.2, 0.25) is 0 Å². The minimum absolute atomic E-state index is 0.203. The summed E-state index contributed by atoms with van der Waals surface area (Å²) in [6.45, 7) is 4.18. The van der Waals surface area contributed by atoms with E-state index in [1.54, 1.807) is 6.20 Å². The largest absolute Gasteiger partial charge is 0.384 e. The van der Waals surface area contributed by atoms with Crippen molar-refractivity contribution in [3.05, 3.63) is 16.6 Å². The molecule has 4 heteroatoms. The van der Waals surface area contributed by atoms with Crippen molar-refractivity contribution in [3.8, 4) is 0 Å². The van der Waals surface area contributed by atoms with Gasteiger partial charge in [-0.2, -0.15) is 0 Å². The van der Waals surface area contributed by atoms with E-state index in [0.29, 0.717) is 10.9 Å². The van der Waals surface area contributed by atoms with E-state index < -0.39 is 6.10 Å². The molecule has 0 aliphatic carbocycles. The second-order valence-electron chi connectivity index (χ2n) is 3.61. The van der Waals surface area contributed by atoms with Crippen LogP contribution in [0.15, 0.2) is 11.6 Å². The van der Waals surface area contributed by atoms with Crippen molar-refractivity contribution < 1.29 is 5.11 Å². The Morgan fingerprint density at radius 1 is 1.62 bits per heavy atom. The number of thiazole rings is 1. The predicted molar refractivity (Wildman–Crippen MR) is 54.5 cm³/mol. The highest BCUT2D eigenvalue weighted by molar-refractivity contribution is 7.09. The number of hydrogen-bond donors (Lipinski definition) is 2. The van der Waals surface area contributed by atoms with Crippen molar-refractivity contribution >= 4 is 11.3 Å². The Kier molecular flexibility index (Phi) is 3.84. The first-order chi connectivity index (χ1) is 6.11. The van der Waals surface area contributed by atoms with E-state index >= 15 is 0 Å². The lowest BCUT2D eigenvalue weighted by Gasteiger charge is -2.18. The van der Waals surface area contributed by atoms with Crippen LogP contribution in [0, 0.1) is 5.92 Å². The number of aliphatic hydroxyl groups excluding tert-OH is 1. The van der Waals surface area contributed by atoms with Crippen LogP contribution in [-0.2, 0) is 0 Å². The second kappa shape index (κ2) is 4.69. The van der Waals surface area contributed by atoms with E-state index in [-0.39, 0.29) is 6.04 Å². The third kappa shape index (κ3) is 3.06. The summed E-state index contributed by atoms with van der Waals surface area (Å²) in [5.74, 6) is 0.504. The summed E-state index contributed by atoms with van der Waals surface area (Å²) in [5.41, 5.74) is 5.83. The van der Waals surface area contributed by atoms with Crippen LogP contribution in [0.25, 0.3) is 0 Å². The SMILES string of the molecule is CC(C)CC(N)[C@@H](O)c1nccs1. The summed E-state index contributed by atoms with van der Waals surface area (Å²) in [5, 5.41) is 12.3. The van der Waals surface area contributed by atoms with Crippen molar-refractivity contribution in [3.63, 3.8) is 0 Å². The monoisotopic (exact) mass is 200 g/mol. The second-order valence-corrected chi connectivity index (χ2v) is 4.53. The fourth-order valence-electron chi connectivity index (χ4n) is 1.24. The van der Waals surface area contributed by atoms with Crippen LogP contribution in [-0.4, -0.2) is 16.1 Å². The zero-order valence-electron chi connectivity index (χ0n) is 7.97. The molecule has 0 saturated carbocycles. The van der Waals surface area contributed by atoms with Crippen molar-refractivity contribution in [1.82, 2.24) is 4.98 Å². The number of rotatable bonds is 4. The molecule has 1 aromatic rings. The first-order valence-corrected chi connectivity index (χ1v) is 5.32. The summed E-state index contributed by atoms with van der Waals surface area (Å²) >= 11 is 1.45. The van der Waals surface area contributed by atoms with Gasteiger partial charge in [0.2, 0.25) is 0 Å². The maximum absolute atomic E-state index is 9.75. The first-order valence-electron chi connectivity index (χ1n) is 4.44. The molecule has 0 fully saturated rings. The van der Waals surface area contributed by atoms with Gasteiger partial charge < -0.3 is 10.8 Å². The number of aromatic nitrogens is 1. The molecule has 0 radical (unpaired) electrons. The smallest absolute Gasteiger partial charge is 0.123 e. The van der Waals surface area contributed by atoms with Crippen LogP contribution in [0.4, 0.5) is 0 Å². The Labute approximate surface area is 82.6 Å². The normalized spacial score (nSPS) is 16.1. The molecular weight excluding hydrogens is 184 g/mol. The van der Waals surface area contributed by atoms with Gasteiger partial charge in [0, 0.05) is 17.6 Å². The number of nitrogens with two attached hydrogens (primary N) is 1. The van der Waals surface area contributed by atoms with Gasteiger partial charge in [-0.15, -0.1) is 11.3 Å². The molecule has 0 aliphatic heterocycles. The summed E-state index contributed by atoms with van der Waals surface area (Å²) in [7, 11) is 0. The van der Waals surface area contributed by atoms with E-state index in [4.69, 9.17) is 5.73 Å². The molecule has 0 aromatic carbocycles. The molecular formula is C9H16N2OS. The Hall–Kier alpha value is -0.450. The van der Waals surface area contributed by atoms with Gasteiger partial charge in [0.15, 0.2) is 0 Å². The molecule has 1 rings (SSSR count). The average Bonchev–Trinajstić information content (AvgIpc) is 2.53. The van der Waals surface area contributed by atoms with E-state index in [0.717, 1.165) is 6.42 Å². The van der Waals surface area contributed by atoms with Gasteiger partial charge >= 0.3 is 0 Å². The highest BCUT2D eigenvalue weighted by Gasteiger charge is 2.19.